The maximum atomic E-state index is 10.9. The molecular weight excluding hydrogens is 322 g/mol. The SMILES string of the molecule is O=Cc1ccc2c(ccn2Cc2ccc(OCc3ccccc3)cc2)c1. The van der Waals surface area contributed by atoms with Gasteiger partial charge >= 0.3 is 0 Å². The number of carbonyl (C=O) groups is 1. The highest BCUT2D eigenvalue weighted by atomic mass is 16.5. The number of nitrogens with zero attached hydrogens (tertiary/aromatic N) is 1. The van der Waals surface area contributed by atoms with E-state index in [-0.39, 0.29) is 0 Å². The Hall–Kier alpha value is -3.33. The molecule has 0 spiro atoms. The smallest absolute Gasteiger partial charge is 0.150 e. The molecule has 3 aromatic carbocycles. The molecule has 0 N–H and O–H groups in total. The highest BCUT2D eigenvalue weighted by molar-refractivity contribution is 5.87. The molecule has 4 aromatic rings. The Morgan fingerprint density at radius 1 is 0.846 bits per heavy atom. The first-order valence-corrected chi connectivity index (χ1v) is 8.61. The fourth-order valence-corrected chi connectivity index (χ4v) is 3.06. The number of fused-ring (bicyclic) bond motifs is 1. The number of carbonyl (C=O) groups excluding carboxylic acids is 1. The summed E-state index contributed by atoms with van der Waals surface area (Å²) in [7, 11) is 0. The van der Waals surface area contributed by atoms with Crippen LogP contribution in [-0.2, 0) is 13.2 Å². The number of aldehydes is 1. The van der Waals surface area contributed by atoms with Crippen LogP contribution < -0.4 is 4.74 Å². The largest absolute Gasteiger partial charge is 0.489 e. The number of benzene rings is 3. The first-order chi connectivity index (χ1) is 12.8. The zero-order valence-corrected chi connectivity index (χ0v) is 14.3. The van der Waals surface area contributed by atoms with Crippen LogP contribution in [-0.4, -0.2) is 10.9 Å². The summed E-state index contributed by atoms with van der Waals surface area (Å²) in [6.07, 6.45) is 2.93. The topological polar surface area (TPSA) is 31.2 Å². The number of hydrogen-bond donors (Lipinski definition) is 0. The van der Waals surface area contributed by atoms with Gasteiger partial charge in [-0.05, 0) is 47.5 Å². The number of ether oxygens (including phenoxy) is 1. The molecule has 0 unspecified atom stereocenters. The third-order valence-electron chi connectivity index (χ3n) is 4.46. The molecule has 1 heterocycles. The van der Waals surface area contributed by atoms with E-state index in [0.29, 0.717) is 12.2 Å². The van der Waals surface area contributed by atoms with Gasteiger partial charge in [0.2, 0.25) is 0 Å². The van der Waals surface area contributed by atoms with Crippen molar-refractivity contribution >= 4 is 17.2 Å². The molecule has 26 heavy (non-hydrogen) atoms. The minimum atomic E-state index is 0.571. The van der Waals surface area contributed by atoms with Crippen molar-refractivity contribution in [3.63, 3.8) is 0 Å². The van der Waals surface area contributed by atoms with Crippen LogP contribution in [0.25, 0.3) is 10.9 Å². The maximum absolute atomic E-state index is 10.9. The average molecular weight is 341 g/mol. The summed E-state index contributed by atoms with van der Waals surface area (Å²) in [5, 5.41) is 1.08. The Morgan fingerprint density at radius 3 is 2.42 bits per heavy atom. The van der Waals surface area contributed by atoms with E-state index in [9.17, 15) is 4.79 Å². The van der Waals surface area contributed by atoms with Crippen molar-refractivity contribution in [3.8, 4) is 5.75 Å². The van der Waals surface area contributed by atoms with E-state index in [1.54, 1.807) is 0 Å². The minimum Gasteiger partial charge on any atom is -0.489 e. The summed E-state index contributed by atoms with van der Waals surface area (Å²) in [5.74, 6) is 0.866. The maximum Gasteiger partial charge on any atom is 0.150 e. The molecule has 0 aliphatic heterocycles. The molecule has 3 nitrogen and oxygen atoms in total. The van der Waals surface area contributed by atoms with Crippen LogP contribution in [0.5, 0.6) is 5.75 Å². The van der Waals surface area contributed by atoms with Crippen LogP contribution in [0.1, 0.15) is 21.5 Å². The van der Waals surface area contributed by atoms with E-state index in [2.05, 4.69) is 35.0 Å². The third-order valence-corrected chi connectivity index (χ3v) is 4.46. The molecule has 0 radical (unpaired) electrons. The molecule has 0 bridgehead atoms. The van der Waals surface area contributed by atoms with Crippen LogP contribution in [0.3, 0.4) is 0 Å². The van der Waals surface area contributed by atoms with Crippen molar-refractivity contribution in [2.24, 2.45) is 0 Å². The lowest BCUT2D eigenvalue weighted by Gasteiger charge is -2.09. The van der Waals surface area contributed by atoms with Gasteiger partial charge in [-0.2, -0.15) is 0 Å². The number of rotatable bonds is 6. The van der Waals surface area contributed by atoms with E-state index in [4.69, 9.17) is 4.74 Å². The van der Waals surface area contributed by atoms with Gasteiger partial charge in [-0.25, -0.2) is 0 Å². The molecule has 0 saturated carbocycles. The van der Waals surface area contributed by atoms with Crippen LogP contribution in [0.2, 0.25) is 0 Å². The average Bonchev–Trinajstić information content (AvgIpc) is 3.10. The zero-order chi connectivity index (χ0) is 17.8. The second-order valence-corrected chi connectivity index (χ2v) is 6.30. The van der Waals surface area contributed by atoms with Gasteiger partial charge in [-0.1, -0.05) is 42.5 Å². The molecule has 4 rings (SSSR count). The van der Waals surface area contributed by atoms with Crippen molar-refractivity contribution in [1.29, 1.82) is 0 Å². The van der Waals surface area contributed by atoms with Gasteiger partial charge in [0, 0.05) is 29.2 Å². The van der Waals surface area contributed by atoms with Gasteiger partial charge in [-0.3, -0.25) is 4.79 Å². The standard InChI is InChI=1S/C23H19NO2/c25-16-20-8-11-23-21(14-20)12-13-24(23)15-18-6-9-22(10-7-18)26-17-19-4-2-1-3-5-19/h1-14,16H,15,17H2. The highest BCUT2D eigenvalue weighted by Gasteiger charge is 2.04. The van der Waals surface area contributed by atoms with Crippen LogP contribution in [0, 0.1) is 0 Å². The van der Waals surface area contributed by atoms with E-state index in [1.165, 1.54) is 5.56 Å². The summed E-state index contributed by atoms with van der Waals surface area (Å²) in [6, 6.07) is 26.2. The first kappa shape index (κ1) is 16.2. The van der Waals surface area contributed by atoms with Gasteiger partial charge < -0.3 is 9.30 Å². The summed E-state index contributed by atoms with van der Waals surface area (Å²) in [5.41, 5.74) is 4.19. The predicted octanol–water partition coefficient (Wildman–Crippen LogP) is 5.08. The van der Waals surface area contributed by atoms with E-state index < -0.39 is 0 Å². The molecule has 128 valence electrons. The zero-order valence-electron chi connectivity index (χ0n) is 14.3. The van der Waals surface area contributed by atoms with Crippen LogP contribution in [0.4, 0.5) is 0 Å². The van der Waals surface area contributed by atoms with Crippen molar-refractivity contribution in [2.45, 2.75) is 13.2 Å². The quantitative estimate of drug-likeness (QED) is 0.458. The van der Waals surface area contributed by atoms with Crippen molar-refractivity contribution < 1.29 is 9.53 Å². The van der Waals surface area contributed by atoms with Gasteiger partial charge in [-0.15, -0.1) is 0 Å². The second kappa shape index (κ2) is 7.28. The Balaban J connectivity index is 1.45. The third kappa shape index (κ3) is 3.52. The molecule has 0 amide bonds. The molecule has 0 saturated heterocycles. The molecule has 0 aliphatic rings. The Bertz CT molecular complexity index is 1020. The Labute approximate surface area is 152 Å². The van der Waals surface area contributed by atoms with E-state index in [0.717, 1.165) is 35.0 Å². The molecule has 3 heteroatoms. The summed E-state index contributed by atoms with van der Waals surface area (Å²) in [4.78, 5) is 10.9. The van der Waals surface area contributed by atoms with Gasteiger partial charge in [0.1, 0.15) is 18.6 Å². The van der Waals surface area contributed by atoms with Gasteiger partial charge in [0.15, 0.2) is 0 Å². The Kier molecular flexibility index (Phi) is 4.52. The van der Waals surface area contributed by atoms with Crippen LogP contribution in [0.15, 0.2) is 85.1 Å². The fraction of sp³-hybridized carbons (Fsp3) is 0.0870. The van der Waals surface area contributed by atoms with Crippen molar-refractivity contribution in [2.75, 3.05) is 0 Å². The molecule has 0 atom stereocenters. The summed E-state index contributed by atoms with van der Waals surface area (Å²) < 4.78 is 8.02. The van der Waals surface area contributed by atoms with Crippen LogP contribution >= 0.6 is 0 Å². The fourth-order valence-electron chi connectivity index (χ4n) is 3.06. The predicted molar refractivity (Wildman–Crippen MR) is 104 cm³/mol. The molecule has 1 aromatic heterocycles. The minimum absolute atomic E-state index is 0.571. The Morgan fingerprint density at radius 2 is 1.65 bits per heavy atom. The lowest BCUT2D eigenvalue weighted by molar-refractivity contribution is 0.112. The first-order valence-electron chi connectivity index (χ1n) is 8.61. The monoisotopic (exact) mass is 341 g/mol. The summed E-state index contributed by atoms with van der Waals surface area (Å²) >= 11 is 0. The lowest BCUT2D eigenvalue weighted by atomic mass is 10.1. The number of hydrogen-bond acceptors (Lipinski definition) is 2. The van der Waals surface area contributed by atoms with Gasteiger partial charge in [0.05, 0.1) is 0 Å². The van der Waals surface area contributed by atoms with E-state index in [1.807, 2.05) is 54.6 Å². The van der Waals surface area contributed by atoms with Crippen molar-refractivity contribution in [3.05, 3.63) is 102 Å². The summed E-state index contributed by atoms with van der Waals surface area (Å²) in [6.45, 7) is 1.35. The molecular formula is C23H19NO2. The van der Waals surface area contributed by atoms with Crippen molar-refractivity contribution in [1.82, 2.24) is 4.57 Å². The van der Waals surface area contributed by atoms with Gasteiger partial charge in [0.25, 0.3) is 0 Å². The molecule has 0 aliphatic carbocycles. The molecule has 0 fully saturated rings. The lowest BCUT2D eigenvalue weighted by Crippen LogP contribution is -1.99. The highest BCUT2D eigenvalue weighted by Crippen LogP contribution is 2.20. The van der Waals surface area contributed by atoms with E-state index >= 15 is 0 Å². The normalized spacial score (nSPS) is 10.8. The number of aromatic nitrogens is 1. The second-order valence-electron chi connectivity index (χ2n) is 6.30.